The summed E-state index contributed by atoms with van der Waals surface area (Å²) < 4.78 is 26.8. The normalized spacial score (nSPS) is 15.0. The molecule has 3 aromatic heterocycles. The minimum Gasteiger partial charge on any atom is -0.377 e. The van der Waals surface area contributed by atoms with Gasteiger partial charge in [0.2, 0.25) is 16.0 Å². The molecule has 1 saturated heterocycles. The van der Waals surface area contributed by atoms with Crippen LogP contribution in [-0.4, -0.2) is 58.2 Å². The van der Waals surface area contributed by atoms with Gasteiger partial charge in [0.1, 0.15) is 5.15 Å². The number of nitrogens with one attached hydrogen (secondary N) is 2. The van der Waals surface area contributed by atoms with Crippen LogP contribution in [0.4, 0.5) is 11.6 Å². The van der Waals surface area contributed by atoms with E-state index in [1.165, 1.54) is 16.7 Å². The lowest BCUT2D eigenvalue weighted by atomic mass is 9.94. The minimum absolute atomic E-state index is 0.0121. The molecule has 1 amide bonds. The van der Waals surface area contributed by atoms with E-state index in [2.05, 4.69) is 25.2 Å². The smallest absolute Gasteiger partial charge is 0.285 e. The number of fused-ring (bicyclic) bond motifs is 1. The highest BCUT2D eigenvalue weighted by Gasteiger charge is 2.26. The Labute approximate surface area is 258 Å². The first-order chi connectivity index (χ1) is 20.3. The molecule has 4 aromatic rings. The van der Waals surface area contributed by atoms with E-state index in [4.69, 9.17) is 28.2 Å². The maximum Gasteiger partial charge on any atom is 0.285 e. The van der Waals surface area contributed by atoms with Crippen molar-refractivity contribution in [3.63, 3.8) is 0 Å². The number of carbonyl (C=O) groups is 1. The molecule has 2 N–H and O–H groups in total. The summed E-state index contributed by atoms with van der Waals surface area (Å²) in [5.41, 5.74) is 2.68. The van der Waals surface area contributed by atoms with E-state index < -0.39 is 22.0 Å². The Morgan fingerprint density at radius 2 is 1.81 bits per heavy atom. The Balaban J connectivity index is 1.48. The van der Waals surface area contributed by atoms with Gasteiger partial charge in [-0.05, 0) is 51.0 Å². The zero-order chi connectivity index (χ0) is 31.1. The van der Waals surface area contributed by atoms with Gasteiger partial charge in [0.15, 0.2) is 5.69 Å². The average molecular weight is 646 g/mol. The van der Waals surface area contributed by atoms with Crippen molar-refractivity contribution < 1.29 is 13.2 Å². The van der Waals surface area contributed by atoms with Crippen LogP contribution in [0.3, 0.4) is 0 Å². The Bertz CT molecular complexity index is 1870. The number of aryl methyl sites for hydroxylation is 1. The van der Waals surface area contributed by atoms with E-state index in [1.807, 2.05) is 24.8 Å². The fourth-order valence-corrected chi connectivity index (χ4v) is 6.02. The third kappa shape index (κ3) is 6.73. The maximum atomic E-state index is 13.6. The second kappa shape index (κ2) is 12.1. The van der Waals surface area contributed by atoms with Gasteiger partial charge < -0.3 is 10.2 Å². The van der Waals surface area contributed by atoms with Gasteiger partial charge in [-0.15, -0.1) is 0 Å². The summed E-state index contributed by atoms with van der Waals surface area (Å²) >= 11 is 12.5. The number of carbonyl (C=O) groups excluding carboxylic acids is 1. The predicted molar refractivity (Wildman–Crippen MR) is 167 cm³/mol. The monoisotopic (exact) mass is 644 g/mol. The molecule has 1 aliphatic rings. The molecule has 1 aliphatic heterocycles. The molecule has 0 aliphatic carbocycles. The standard InChI is InChI=1S/C28H30Cl2N8O4S/c1-15-13-32-22(14-31-15)17-7-9-38(10-8-17)28-35-24-19(11-18(29)12-20(24)27(40)37(28)3)16(2)33-21-5-6-23(30)34-25(21)26(39)36-43(4,41)42/h5-6,11-14,16-17,33H,7-10H2,1-4H3,(H,36,39)/t16-/m1/s1. The number of pyridine rings is 1. The van der Waals surface area contributed by atoms with Crippen molar-refractivity contribution in [3.8, 4) is 0 Å². The topological polar surface area (TPSA) is 152 Å². The SMILES string of the molecule is Cc1cnc(C2CCN(c3nc4c([C@@H](C)Nc5ccc(Cl)nc5C(=O)NS(C)(=O)=O)cc(Cl)cc4c(=O)n3C)CC2)cn1. The first kappa shape index (κ1) is 30.6. The van der Waals surface area contributed by atoms with Gasteiger partial charge in [-0.2, -0.15) is 0 Å². The van der Waals surface area contributed by atoms with E-state index in [0.717, 1.165) is 30.5 Å². The number of hydrogen-bond donors (Lipinski definition) is 2. The van der Waals surface area contributed by atoms with Gasteiger partial charge >= 0.3 is 0 Å². The Morgan fingerprint density at radius 1 is 1.09 bits per heavy atom. The van der Waals surface area contributed by atoms with E-state index in [9.17, 15) is 18.0 Å². The number of rotatable bonds is 7. The molecule has 1 atom stereocenters. The summed E-state index contributed by atoms with van der Waals surface area (Å²) in [6.45, 7) is 5.07. The number of piperidine rings is 1. The first-order valence-corrected chi connectivity index (χ1v) is 16.1. The van der Waals surface area contributed by atoms with Crippen molar-refractivity contribution in [2.24, 2.45) is 7.05 Å². The first-order valence-electron chi connectivity index (χ1n) is 13.5. The largest absolute Gasteiger partial charge is 0.377 e. The lowest BCUT2D eigenvalue weighted by Gasteiger charge is -2.33. The average Bonchev–Trinajstić information content (AvgIpc) is 2.95. The number of hydrogen-bond acceptors (Lipinski definition) is 10. The highest BCUT2D eigenvalue weighted by Crippen LogP contribution is 2.32. The maximum absolute atomic E-state index is 13.6. The van der Waals surface area contributed by atoms with Crippen molar-refractivity contribution in [1.82, 2.24) is 29.2 Å². The molecule has 4 heterocycles. The van der Waals surface area contributed by atoms with Crippen LogP contribution in [0.25, 0.3) is 10.9 Å². The highest BCUT2D eigenvalue weighted by molar-refractivity contribution is 7.89. The van der Waals surface area contributed by atoms with Crippen molar-refractivity contribution >= 4 is 61.7 Å². The summed E-state index contributed by atoms with van der Waals surface area (Å²) in [6, 6.07) is 5.76. The predicted octanol–water partition coefficient (Wildman–Crippen LogP) is 3.98. The molecule has 0 saturated carbocycles. The third-order valence-corrected chi connectivity index (χ3v) is 8.33. The summed E-state index contributed by atoms with van der Waals surface area (Å²) in [5, 5.41) is 3.89. The zero-order valence-electron chi connectivity index (χ0n) is 23.9. The molecule has 226 valence electrons. The Kier molecular flexibility index (Phi) is 8.59. The molecule has 1 fully saturated rings. The fourth-order valence-electron chi connectivity index (χ4n) is 5.21. The van der Waals surface area contributed by atoms with Crippen LogP contribution in [0.2, 0.25) is 10.2 Å². The van der Waals surface area contributed by atoms with Crippen LogP contribution < -0.4 is 20.5 Å². The van der Waals surface area contributed by atoms with Crippen molar-refractivity contribution in [2.75, 3.05) is 29.6 Å². The molecule has 0 radical (unpaired) electrons. The Hall–Kier alpha value is -3.81. The van der Waals surface area contributed by atoms with E-state index >= 15 is 0 Å². The molecule has 0 bridgehead atoms. The summed E-state index contributed by atoms with van der Waals surface area (Å²) in [7, 11) is -2.16. The van der Waals surface area contributed by atoms with Crippen LogP contribution in [-0.2, 0) is 17.1 Å². The molecule has 1 aromatic carbocycles. The lowest BCUT2D eigenvalue weighted by molar-refractivity contribution is 0.0977. The second-order valence-corrected chi connectivity index (χ2v) is 13.2. The van der Waals surface area contributed by atoms with Crippen LogP contribution in [0.5, 0.6) is 0 Å². The van der Waals surface area contributed by atoms with Gasteiger partial charge in [-0.1, -0.05) is 23.2 Å². The van der Waals surface area contributed by atoms with E-state index in [0.29, 0.717) is 40.5 Å². The minimum atomic E-state index is -3.85. The molecular weight excluding hydrogens is 615 g/mol. The number of sulfonamides is 1. The van der Waals surface area contributed by atoms with Gasteiger partial charge in [0, 0.05) is 49.0 Å². The van der Waals surface area contributed by atoms with E-state index in [-0.39, 0.29) is 28.0 Å². The number of amides is 1. The summed E-state index contributed by atoms with van der Waals surface area (Å²) in [4.78, 5) is 46.3. The number of nitrogens with zero attached hydrogens (tertiary/aromatic N) is 6. The molecule has 0 spiro atoms. The van der Waals surface area contributed by atoms with Gasteiger partial charge in [-0.25, -0.2) is 23.1 Å². The van der Waals surface area contributed by atoms with E-state index in [1.54, 1.807) is 25.4 Å². The number of aromatic nitrogens is 5. The van der Waals surface area contributed by atoms with Gasteiger partial charge in [0.05, 0.1) is 40.3 Å². The van der Waals surface area contributed by atoms with Crippen LogP contribution in [0.15, 0.2) is 41.5 Å². The van der Waals surface area contributed by atoms with Gasteiger partial charge in [-0.3, -0.25) is 24.1 Å². The second-order valence-electron chi connectivity index (χ2n) is 10.6. The summed E-state index contributed by atoms with van der Waals surface area (Å²) in [5.74, 6) is -0.143. The number of halogens is 2. The van der Waals surface area contributed by atoms with Gasteiger partial charge in [0.25, 0.3) is 11.5 Å². The van der Waals surface area contributed by atoms with Crippen LogP contribution in [0.1, 0.15) is 59.2 Å². The quantitative estimate of drug-likeness (QED) is 0.283. The number of benzene rings is 1. The third-order valence-electron chi connectivity index (χ3n) is 7.34. The Morgan fingerprint density at radius 3 is 2.47 bits per heavy atom. The van der Waals surface area contributed by atoms with Crippen molar-refractivity contribution in [1.29, 1.82) is 0 Å². The van der Waals surface area contributed by atoms with Crippen molar-refractivity contribution in [2.45, 2.75) is 38.6 Å². The summed E-state index contributed by atoms with van der Waals surface area (Å²) in [6.07, 6.45) is 6.14. The molecule has 43 heavy (non-hydrogen) atoms. The molecule has 15 heteroatoms. The lowest BCUT2D eigenvalue weighted by Crippen LogP contribution is -2.38. The molecule has 5 rings (SSSR count). The molecular formula is C28H30Cl2N8O4S. The molecule has 12 nitrogen and oxygen atoms in total. The highest BCUT2D eigenvalue weighted by atomic mass is 35.5. The fraction of sp³-hybridized carbons (Fsp3) is 0.357. The zero-order valence-corrected chi connectivity index (χ0v) is 26.3. The van der Waals surface area contributed by atoms with Crippen LogP contribution >= 0.6 is 23.2 Å². The van der Waals surface area contributed by atoms with Crippen LogP contribution in [0, 0.1) is 6.92 Å². The molecule has 0 unspecified atom stereocenters. The van der Waals surface area contributed by atoms with Crippen molar-refractivity contribution in [3.05, 3.63) is 79.8 Å². The number of anilines is 2.